The number of likely N-dealkylation sites (tertiary alicyclic amines) is 1. The highest BCUT2D eigenvalue weighted by molar-refractivity contribution is 5.93. The second-order valence-electron chi connectivity index (χ2n) is 7.32. The summed E-state index contributed by atoms with van der Waals surface area (Å²) in [5, 5.41) is 8.46. The molecule has 134 valence electrons. The molecule has 0 spiro atoms. The number of nitrogens with zero attached hydrogens (tertiary/aromatic N) is 5. The highest BCUT2D eigenvalue weighted by Gasteiger charge is 2.32. The summed E-state index contributed by atoms with van der Waals surface area (Å²) in [5.74, 6) is 1.99. The molecule has 1 aliphatic heterocycles. The van der Waals surface area contributed by atoms with Gasteiger partial charge < -0.3 is 9.42 Å². The fraction of sp³-hybridized carbons (Fsp3) is 0.667. The van der Waals surface area contributed by atoms with Crippen LogP contribution in [0.15, 0.2) is 10.6 Å². The molecule has 3 heterocycles. The van der Waals surface area contributed by atoms with E-state index < -0.39 is 0 Å². The van der Waals surface area contributed by atoms with E-state index in [1.54, 1.807) is 4.68 Å². The first-order valence-corrected chi connectivity index (χ1v) is 9.26. The van der Waals surface area contributed by atoms with Gasteiger partial charge in [-0.05, 0) is 38.7 Å². The first-order chi connectivity index (χ1) is 12.1. The first-order valence-electron chi connectivity index (χ1n) is 9.26. The van der Waals surface area contributed by atoms with Gasteiger partial charge >= 0.3 is 0 Å². The second kappa shape index (κ2) is 6.61. The van der Waals surface area contributed by atoms with E-state index in [1.807, 2.05) is 24.9 Å². The fourth-order valence-corrected chi connectivity index (χ4v) is 4.17. The molecule has 1 amide bonds. The Morgan fingerprint density at radius 1 is 1.28 bits per heavy atom. The Kier molecular flexibility index (Phi) is 4.31. The summed E-state index contributed by atoms with van der Waals surface area (Å²) in [4.78, 5) is 19.5. The topological polar surface area (TPSA) is 77.0 Å². The van der Waals surface area contributed by atoms with Crippen molar-refractivity contribution in [2.45, 2.75) is 63.8 Å². The van der Waals surface area contributed by atoms with Gasteiger partial charge in [-0.15, -0.1) is 0 Å². The molecule has 1 aliphatic carbocycles. The summed E-state index contributed by atoms with van der Waals surface area (Å²) in [5.41, 5.74) is 1.50. The standard InChI is InChI=1S/C18H25N5O2/c1-12-10-15(22(2)20-12)18(24)23-9-5-8-14(23)11-16-19-17(25-21-16)13-6-3-4-7-13/h10,13-14H,3-9,11H2,1-2H3/t14-/m1/s1. The van der Waals surface area contributed by atoms with E-state index >= 15 is 0 Å². The van der Waals surface area contributed by atoms with E-state index in [0.717, 1.165) is 49.6 Å². The normalized spacial score (nSPS) is 21.4. The van der Waals surface area contributed by atoms with E-state index in [9.17, 15) is 4.79 Å². The van der Waals surface area contributed by atoms with Crippen LogP contribution in [0.3, 0.4) is 0 Å². The van der Waals surface area contributed by atoms with Gasteiger partial charge in [-0.2, -0.15) is 10.1 Å². The zero-order valence-electron chi connectivity index (χ0n) is 14.9. The monoisotopic (exact) mass is 343 g/mol. The lowest BCUT2D eigenvalue weighted by atomic mass is 10.1. The third-order valence-corrected chi connectivity index (χ3v) is 5.47. The van der Waals surface area contributed by atoms with Gasteiger partial charge in [0, 0.05) is 32.0 Å². The maximum absolute atomic E-state index is 12.9. The first kappa shape index (κ1) is 16.3. The molecule has 25 heavy (non-hydrogen) atoms. The van der Waals surface area contributed by atoms with Crippen molar-refractivity contribution < 1.29 is 9.32 Å². The minimum absolute atomic E-state index is 0.0464. The largest absolute Gasteiger partial charge is 0.339 e. The molecule has 7 heteroatoms. The van der Waals surface area contributed by atoms with E-state index in [-0.39, 0.29) is 11.9 Å². The average molecular weight is 343 g/mol. The average Bonchev–Trinajstić information content (AvgIpc) is 3.33. The van der Waals surface area contributed by atoms with Gasteiger partial charge in [-0.3, -0.25) is 9.48 Å². The van der Waals surface area contributed by atoms with Crippen molar-refractivity contribution in [2.24, 2.45) is 7.05 Å². The number of hydrogen-bond acceptors (Lipinski definition) is 5. The fourth-order valence-electron chi connectivity index (χ4n) is 4.17. The maximum Gasteiger partial charge on any atom is 0.272 e. The number of aryl methyl sites for hydroxylation is 2. The van der Waals surface area contributed by atoms with Crippen molar-refractivity contribution in [1.29, 1.82) is 0 Å². The lowest BCUT2D eigenvalue weighted by Gasteiger charge is -2.23. The van der Waals surface area contributed by atoms with Crippen molar-refractivity contribution in [3.05, 3.63) is 29.2 Å². The number of amides is 1. The molecule has 4 rings (SSSR count). The molecule has 1 saturated heterocycles. The third kappa shape index (κ3) is 3.19. The Hall–Kier alpha value is -2.18. The number of rotatable bonds is 4. The predicted molar refractivity (Wildman–Crippen MR) is 91.2 cm³/mol. The van der Waals surface area contributed by atoms with Crippen LogP contribution in [0.25, 0.3) is 0 Å². The molecule has 2 aromatic rings. The molecular weight excluding hydrogens is 318 g/mol. The van der Waals surface area contributed by atoms with E-state index in [1.165, 1.54) is 12.8 Å². The van der Waals surface area contributed by atoms with Gasteiger partial charge in [0.05, 0.1) is 5.69 Å². The van der Waals surface area contributed by atoms with Crippen LogP contribution in [-0.2, 0) is 13.5 Å². The summed E-state index contributed by atoms with van der Waals surface area (Å²) in [6.07, 6.45) is 7.45. The SMILES string of the molecule is Cc1cc(C(=O)N2CCC[C@@H]2Cc2noc(C3CCCC3)n2)n(C)n1. The van der Waals surface area contributed by atoms with E-state index in [2.05, 4.69) is 15.2 Å². The smallest absolute Gasteiger partial charge is 0.272 e. The summed E-state index contributed by atoms with van der Waals surface area (Å²) in [6, 6.07) is 1.99. The molecule has 0 N–H and O–H groups in total. The molecule has 0 aromatic carbocycles. The Morgan fingerprint density at radius 3 is 2.80 bits per heavy atom. The zero-order valence-corrected chi connectivity index (χ0v) is 14.9. The lowest BCUT2D eigenvalue weighted by molar-refractivity contribution is 0.0723. The molecule has 7 nitrogen and oxygen atoms in total. The van der Waals surface area contributed by atoms with Gasteiger partial charge in [0.25, 0.3) is 5.91 Å². The third-order valence-electron chi connectivity index (χ3n) is 5.47. The van der Waals surface area contributed by atoms with Crippen LogP contribution in [0.5, 0.6) is 0 Å². The van der Waals surface area contributed by atoms with Crippen LogP contribution in [0.1, 0.15) is 72.3 Å². The van der Waals surface area contributed by atoms with E-state index in [0.29, 0.717) is 18.0 Å². The van der Waals surface area contributed by atoms with Gasteiger partial charge in [-0.1, -0.05) is 18.0 Å². The highest BCUT2D eigenvalue weighted by Crippen LogP contribution is 2.33. The van der Waals surface area contributed by atoms with Crippen molar-refractivity contribution >= 4 is 5.91 Å². The van der Waals surface area contributed by atoms with E-state index in [4.69, 9.17) is 4.52 Å². The Morgan fingerprint density at radius 2 is 2.08 bits per heavy atom. The molecule has 2 aliphatic rings. The molecule has 1 saturated carbocycles. The van der Waals surface area contributed by atoms with Crippen LogP contribution in [0.2, 0.25) is 0 Å². The zero-order chi connectivity index (χ0) is 17.4. The minimum atomic E-state index is 0.0464. The summed E-state index contributed by atoms with van der Waals surface area (Å²) < 4.78 is 7.15. The number of aromatic nitrogens is 4. The van der Waals surface area contributed by atoms with Crippen molar-refractivity contribution in [2.75, 3.05) is 6.54 Å². The summed E-state index contributed by atoms with van der Waals surface area (Å²) in [7, 11) is 1.82. The Balaban J connectivity index is 1.46. The van der Waals surface area contributed by atoms with Crippen LogP contribution in [0, 0.1) is 6.92 Å². The second-order valence-corrected chi connectivity index (χ2v) is 7.32. The van der Waals surface area contributed by atoms with Crippen LogP contribution >= 0.6 is 0 Å². The number of carbonyl (C=O) groups is 1. The van der Waals surface area contributed by atoms with Gasteiger partial charge in [0.15, 0.2) is 5.82 Å². The molecular formula is C18H25N5O2. The van der Waals surface area contributed by atoms with Crippen molar-refractivity contribution in [3.8, 4) is 0 Å². The molecule has 2 fully saturated rings. The lowest BCUT2D eigenvalue weighted by Crippen LogP contribution is -2.38. The molecule has 0 bridgehead atoms. The van der Waals surface area contributed by atoms with Gasteiger partial charge in [0.2, 0.25) is 5.89 Å². The summed E-state index contributed by atoms with van der Waals surface area (Å²) >= 11 is 0. The Bertz CT molecular complexity index is 759. The number of hydrogen-bond donors (Lipinski definition) is 0. The van der Waals surface area contributed by atoms with Crippen LogP contribution in [-0.4, -0.2) is 43.3 Å². The molecule has 2 aromatic heterocycles. The van der Waals surface area contributed by atoms with Gasteiger partial charge in [-0.25, -0.2) is 0 Å². The van der Waals surface area contributed by atoms with Crippen LogP contribution in [0.4, 0.5) is 0 Å². The molecule has 0 radical (unpaired) electrons. The highest BCUT2D eigenvalue weighted by atomic mass is 16.5. The van der Waals surface area contributed by atoms with Gasteiger partial charge in [0.1, 0.15) is 5.69 Å². The summed E-state index contributed by atoms with van der Waals surface area (Å²) in [6.45, 7) is 2.68. The van der Waals surface area contributed by atoms with Crippen molar-refractivity contribution in [3.63, 3.8) is 0 Å². The van der Waals surface area contributed by atoms with Crippen LogP contribution < -0.4 is 0 Å². The number of carbonyl (C=O) groups excluding carboxylic acids is 1. The van der Waals surface area contributed by atoms with Crippen molar-refractivity contribution in [1.82, 2.24) is 24.8 Å². The predicted octanol–water partition coefficient (Wildman–Crippen LogP) is 2.62. The molecule has 0 unspecified atom stereocenters. The minimum Gasteiger partial charge on any atom is -0.339 e. The quantitative estimate of drug-likeness (QED) is 0.853. The maximum atomic E-state index is 12.9. The Labute approximate surface area is 147 Å². The molecule has 1 atom stereocenters.